The summed E-state index contributed by atoms with van der Waals surface area (Å²) in [6.07, 6.45) is 0.523. The normalized spacial score (nSPS) is 13.1. The first kappa shape index (κ1) is 28.2. The average molecular weight is 510 g/mol. The van der Waals surface area contributed by atoms with E-state index in [4.69, 9.17) is 4.74 Å². The zero-order chi connectivity index (χ0) is 26.7. The molecule has 11 nitrogen and oxygen atoms in total. The summed E-state index contributed by atoms with van der Waals surface area (Å²) in [7, 11) is -4.16. The second-order valence-electron chi connectivity index (χ2n) is 9.89. The number of nitro groups is 1. The Bertz CT molecular complexity index is 1200. The van der Waals surface area contributed by atoms with Crippen LogP contribution in [0.25, 0.3) is 0 Å². The van der Waals surface area contributed by atoms with Gasteiger partial charge < -0.3 is 10.1 Å². The molecule has 0 aliphatic carbocycles. The van der Waals surface area contributed by atoms with Gasteiger partial charge in [0.15, 0.2) is 5.69 Å². The van der Waals surface area contributed by atoms with Gasteiger partial charge >= 0.3 is 0 Å². The number of aromatic nitrogens is 2. The highest BCUT2D eigenvalue weighted by Gasteiger charge is 2.31. The minimum absolute atomic E-state index is 0.117. The van der Waals surface area contributed by atoms with Crippen molar-refractivity contribution in [2.75, 3.05) is 6.54 Å². The predicted octanol–water partition coefficient (Wildman–Crippen LogP) is 4.11. The van der Waals surface area contributed by atoms with E-state index in [0.29, 0.717) is 18.5 Å². The van der Waals surface area contributed by atoms with Crippen molar-refractivity contribution >= 4 is 21.6 Å². The molecule has 1 aromatic heterocycles. The Hall–Kier alpha value is -2.99. The van der Waals surface area contributed by atoms with Gasteiger partial charge in [-0.15, -0.1) is 0 Å². The molecule has 0 aliphatic rings. The maximum absolute atomic E-state index is 13.1. The van der Waals surface area contributed by atoms with Gasteiger partial charge in [0.25, 0.3) is 11.6 Å². The smallest absolute Gasteiger partial charge is 0.272 e. The van der Waals surface area contributed by atoms with E-state index in [2.05, 4.69) is 15.1 Å². The Balaban J connectivity index is 2.65. The van der Waals surface area contributed by atoms with Crippen LogP contribution in [0.2, 0.25) is 0 Å². The Morgan fingerprint density at radius 1 is 1.26 bits per heavy atom. The zero-order valence-corrected chi connectivity index (χ0v) is 22.3. The van der Waals surface area contributed by atoms with Crippen molar-refractivity contribution in [1.29, 1.82) is 0 Å². The number of non-ortho nitro benzene ring substituents is 1. The fraction of sp³-hybridized carbons (Fsp3) is 0.565. The molecule has 1 heterocycles. The first-order valence-corrected chi connectivity index (χ1v) is 12.9. The molecule has 1 unspecified atom stereocenters. The summed E-state index contributed by atoms with van der Waals surface area (Å²) in [5.74, 6) is -0.0836. The van der Waals surface area contributed by atoms with E-state index in [1.807, 2.05) is 41.5 Å². The number of nitrogens with one attached hydrogen (secondary N) is 2. The van der Waals surface area contributed by atoms with E-state index in [1.165, 1.54) is 16.8 Å². The van der Waals surface area contributed by atoms with Crippen molar-refractivity contribution in [2.45, 2.75) is 78.3 Å². The van der Waals surface area contributed by atoms with Gasteiger partial charge in [-0.25, -0.2) is 17.8 Å². The van der Waals surface area contributed by atoms with Gasteiger partial charge in [-0.05, 0) is 53.0 Å². The van der Waals surface area contributed by atoms with Crippen LogP contribution < -0.4 is 14.8 Å². The molecule has 2 rings (SSSR count). The number of carbonyl (C=O) groups is 1. The van der Waals surface area contributed by atoms with Gasteiger partial charge in [0.2, 0.25) is 15.9 Å². The highest BCUT2D eigenvalue weighted by atomic mass is 32.2. The van der Waals surface area contributed by atoms with E-state index in [1.54, 1.807) is 13.8 Å². The molecule has 2 aromatic rings. The van der Waals surface area contributed by atoms with Gasteiger partial charge in [-0.2, -0.15) is 5.10 Å². The molecule has 1 atom stereocenters. The van der Waals surface area contributed by atoms with Gasteiger partial charge in [0, 0.05) is 30.3 Å². The summed E-state index contributed by atoms with van der Waals surface area (Å²) in [6, 6.07) is 2.97. The standard InChI is InChI=1S/C23H35N5O6S/c1-9-15(4)26-35(32,33)19-12-17(28(30)31)10-11-18(19)34-22-16(5)20(21(29)24-13-14(2)3)25-27(22)23(6,7)8/h10-12,14-15,26H,9,13H2,1-8H3,(H,24,29). The number of rotatable bonds is 10. The van der Waals surface area contributed by atoms with Crippen LogP contribution in [0.3, 0.4) is 0 Å². The van der Waals surface area contributed by atoms with E-state index in [-0.39, 0.29) is 34.0 Å². The number of hydrogen-bond acceptors (Lipinski definition) is 7. The van der Waals surface area contributed by atoms with E-state index >= 15 is 0 Å². The SMILES string of the molecule is CCC(C)NS(=O)(=O)c1cc([N+](=O)[O-])ccc1Oc1c(C)c(C(=O)NCC(C)C)nn1C(C)(C)C. The van der Waals surface area contributed by atoms with E-state index in [9.17, 15) is 23.3 Å². The van der Waals surface area contributed by atoms with Crippen LogP contribution in [0.1, 0.15) is 70.9 Å². The summed E-state index contributed by atoms with van der Waals surface area (Å²) in [4.78, 5) is 23.1. The minimum Gasteiger partial charge on any atom is -0.438 e. The lowest BCUT2D eigenvalue weighted by atomic mass is 10.1. The predicted molar refractivity (Wildman–Crippen MR) is 132 cm³/mol. The maximum atomic E-state index is 13.1. The highest BCUT2D eigenvalue weighted by molar-refractivity contribution is 7.89. The molecule has 1 amide bonds. The van der Waals surface area contributed by atoms with Gasteiger partial charge in [0.05, 0.1) is 10.5 Å². The topological polar surface area (TPSA) is 145 Å². The molecular weight excluding hydrogens is 474 g/mol. The molecule has 0 radical (unpaired) electrons. The number of carbonyl (C=O) groups excluding carboxylic acids is 1. The van der Waals surface area contributed by atoms with E-state index < -0.39 is 32.2 Å². The lowest BCUT2D eigenvalue weighted by Crippen LogP contribution is -2.32. The summed E-state index contributed by atoms with van der Waals surface area (Å²) in [5, 5.41) is 18.6. The third-order valence-corrected chi connectivity index (χ3v) is 6.80. The molecule has 12 heteroatoms. The Morgan fingerprint density at radius 2 is 1.89 bits per heavy atom. The lowest BCUT2D eigenvalue weighted by molar-refractivity contribution is -0.385. The number of amides is 1. The monoisotopic (exact) mass is 509 g/mol. The minimum atomic E-state index is -4.16. The third-order valence-electron chi connectivity index (χ3n) is 5.19. The van der Waals surface area contributed by atoms with Crippen LogP contribution in [0, 0.1) is 23.0 Å². The van der Waals surface area contributed by atoms with Crippen molar-refractivity contribution < 1.29 is 22.9 Å². The van der Waals surface area contributed by atoms with Crippen LogP contribution in [0.4, 0.5) is 5.69 Å². The van der Waals surface area contributed by atoms with Crippen molar-refractivity contribution in [3.8, 4) is 11.6 Å². The molecule has 0 fully saturated rings. The van der Waals surface area contributed by atoms with Crippen LogP contribution >= 0.6 is 0 Å². The second kappa shape index (κ2) is 10.7. The molecule has 35 heavy (non-hydrogen) atoms. The highest BCUT2D eigenvalue weighted by Crippen LogP contribution is 2.36. The Kier molecular flexibility index (Phi) is 8.66. The van der Waals surface area contributed by atoms with Gasteiger partial charge in [-0.1, -0.05) is 20.8 Å². The molecule has 1 aromatic carbocycles. The number of nitrogens with zero attached hydrogens (tertiary/aromatic N) is 3. The number of ether oxygens (including phenoxy) is 1. The number of benzene rings is 1. The quantitative estimate of drug-likeness (QED) is 0.362. The molecule has 0 spiro atoms. The third kappa shape index (κ3) is 6.79. The molecule has 194 valence electrons. The lowest BCUT2D eigenvalue weighted by Gasteiger charge is -2.23. The Morgan fingerprint density at radius 3 is 2.40 bits per heavy atom. The number of hydrogen-bond donors (Lipinski definition) is 2. The fourth-order valence-corrected chi connectivity index (χ4v) is 4.55. The number of nitro benzene ring substituents is 1. The van der Waals surface area contributed by atoms with Crippen molar-refractivity contribution in [3.05, 3.63) is 39.6 Å². The molecule has 0 aliphatic heterocycles. The fourth-order valence-electron chi connectivity index (χ4n) is 3.07. The summed E-state index contributed by atoms with van der Waals surface area (Å²) in [6.45, 7) is 15.2. The molecule has 0 saturated carbocycles. The van der Waals surface area contributed by atoms with Gasteiger partial charge in [-0.3, -0.25) is 14.9 Å². The zero-order valence-electron chi connectivity index (χ0n) is 21.5. The largest absolute Gasteiger partial charge is 0.438 e. The second-order valence-corrected chi connectivity index (χ2v) is 11.6. The van der Waals surface area contributed by atoms with Crippen molar-refractivity contribution in [1.82, 2.24) is 19.8 Å². The first-order chi connectivity index (χ1) is 16.1. The van der Waals surface area contributed by atoms with Crippen LogP contribution in [0.15, 0.2) is 23.1 Å². The maximum Gasteiger partial charge on any atom is 0.272 e. The van der Waals surface area contributed by atoms with Crippen molar-refractivity contribution in [2.24, 2.45) is 5.92 Å². The Labute approximate surface area is 206 Å². The summed E-state index contributed by atoms with van der Waals surface area (Å²) in [5.41, 5.74) is -0.445. The number of sulfonamides is 1. The average Bonchev–Trinajstić information content (AvgIpc) is 3.08. The first-order valence-electron chi connectivity index (χ1n) is 11.4. The summed E-state index contributed by atoms with van der Waals surface area (Å²) < 4.78 is 36.3. The van der Waals surface area contributed by atoms with Crippen LogP contribution in [0.5, 0.6) is 11.6 Å². The molecular formula is C23H35N5O6S. The van der Waals surface area contributed by atoms with E-state index in [0.717, 1.165) is 6.07 Å². The summed E-state index contributed by atoms with van der Waals surface area (Å²) >= 11 is 0. The van der Waals surface area contributed by atoms with Crippen LogP contribution in [-0.4, -0.2) is 41.6 Å². The molecule has 2 N–H and O–H groups in total. The molecule has 0 saturated heterocycles. The van der Waals surface area contributed by atoms with Crippen LogP contribution in [-0.2, 0) is 15.6 Å². The van der Waals surface area contributed by atoms with Gasteiger partial charge in [0.1, 0.15) is 10.6 Å². The molecule has 0 bridgehead atoms. The van der Waals surface area contributed by atoms with Crippen molar-refractivity contribution in [3.63, 3.8) is 0 Å².